The summed E-state index contributed by atoms with van der Waals surface area (Å²) in [4.78, 5) is 27.9. The predicted octanol–water partition coefficient (Wildman–Crippen LogP) is 5.43. The van der Waals surface area contributed by atoms with E-state index in [0.29, 0.717) is 17.9 Å². The SMILES string of the molecule is Cc1ccc(NC(=O)COc2ccc3ccccc3c2CNC(Cc2c[nH]c3ccccc23)C(=O)O)cc1. The van der Waals surface area contributed by atoms with Gasteiger partial charge >= 0.3 is 5.97 Å². The first-order chi connectivity index (χ1) is 18.5. The maximum Gasteiger partial charge on any atom is 0.321 e. The fraction of sp³-hybridized carbons (Fsp3) is 0.161. The molecule has 1 aromatic heterocycles. The number of rotatable bonds is 10. The average Bonchev–Trinajstić information content (AvgIpc) is 3.34. The zero-order valence-corrected chi connectivity index (χ0v) is 21.0. The number of carboxylic acid groups (broad SMARTS) is 1. The molecule has 0 aliphatic heterocycles. The third kappa shape index (κ3) is 5.68. The molecule has 0 fully saturated rings. The molecule has 0 radical (unpaired) electrons. The minimum atomic E-state index is -0.935. The van der Waals surface area contributed by atoms with Crippen LogP contribution in [0, 0.1) is 6.92 Å². The summed E-state index contributed by atoms with van der Waals surface area (Å²) in [7, 11) is 0. The molecule has 4 N–H and O–H groups in total. The number of carbonyl (C=O) groups is 2. The van der Waals surface area contributed by atoms with Crippen molar-refractivity contribution >= 4 is 39.2 Å². The lowest BCUT2D eigenvalue weighted by atomic mass is 10.0. The summed E-state index contributed by atoms with van der Waals surface area (Å²) in [5, 5.41) is 19.0. The molecule has 5 aromatic rings. The van der Waals surface area contributed by atoms with Crippen LogP contribution in [0.2, 0.25) is 0 Å². The van der Waals surface area contributed by atoms with Crippen LogP contribution >= 0.6 is 0 Å². The number of carbonyl (C=O) groups excluding carboxylic acids is 1. The number of aromatic amines is 1. The summed E-state index contributed by atoms with van der Waals surface area (Å²) in [5.74, 6) is -0.675. The van der Waals surface area contributed by atoms with Gasteiger partial charge in [-0.3, -0.25) is 14.9 Å². The van der Waals surface area contributed by atoms with Gasteiger partial charge in [0.15, 0.2) is 6.61 Å². The van der Waals surface area contributed by atoms with E-state index in [-0.39, 0.29) is 19.1 Å². The quantitative estimate of drug-likeness (QED) is 0.202. The molecule has 0 aliphatic carbocycles. The molecule has 1 unspecified atom stereocenters. The predicted molar refractivity (Wildman–Crippen MR) is 150 cm³/mol. The first-order valence-electron chi connectivity index (χ1n) is 12.5. The summed E-state index contributed by atoms with van der Waals surface area (Å²) in [6.07, 6.45) is 2.18. The van der Waals surface area contributed by atoms with Crippen molar-refractivity contribution in [3.63, 3.8) is 0 Å². The first kappa shape index (κ1) is 25.0. The molecule has 1 atom stereocenters. The number of anilines is 1. The molecule has 38 heavy (non-hydrogen) atoms. The Morgan fingerprint density at radius 3 is 2.45 bits per heavy atom. The van der Waals surface area contributed by atoms with Crippen LogP contribution in [0.25, 0.3) is 21.7 Å². The van der Waals surface area contributed by atoms with E-state index >= 15 is 0 Å². The number of ether oxygens (including phenoxy) is 1. The number of para-hydroxylation sites is 1. The van der Waals surface area contributed by atoms with Crippen LogP contribution in [0.3, 0.4) is 0 Å². The highest BCUT2D eigenvalue weighted by atomic mass is 16.5. The van der Waals surface area contributed by atoms with Crippen molar-refractivity contribution in [1.29, 1.82) is 0 Å². The molecule has 7 heteroatoms. The molecule has 0 saturated carbocycles. The second kappa shape index (κ2) is 11.2. The third-order valence-electron chi connectivity index (χ3n) is 6.61. The first-order valence-corrected chi connectivity index (χ1v) is 12.5. The van der Waals surface area contributed by atoms with E-state index in [1.807, 2.05) is 98.0 Å². The Kier molecular flexibility index (Phi) is 7.38. The number of benzene rings is 4. The Morgan fingerprint density at radius 2 is 1.66 bits per heavy atom. The number of carboxylic acids is 1. The van der Waals surface area contributed by atoms with Crippen molar-refractivity contribution in [3.05, 3.63) is 108 Å². The smallest absolute Gasteiger partial charge is 0.321 e. The molecule has 0 saturated heterocycles. The van der Waals surface area contributed by atoms with Crippen molar-refractivity contribution in [3.8, 4) is 5.75 Å². The van der Waals surface area contributed by atoms with E-state index in [4.69, 9.17) is 4.74 Å². The molecule has 4 aromatic carbocycles. The highest BCUT2D eigenvalue weighted by Gasteiger charge is 2.21. The zero-order valence-electron chi connectivity index (χ0n) is 21.0. The molecular formula is C31H29N3O4. The molecule has 0 bridgehead atoms. The molecule has 7 nitrogen and oxygen atoms in total. The summed E-state index contributed by atoms with van der Waals surface area (Å²) >= 11 is 0. The number of fused-ring (bicyclic) bond motifs is 2. The molecule has 1 heterocycles. The van der Waals surface area contributed by atoms with E-state index in [0.717, 1.165) is 38.4 Å². The number of hydrogen-bond donors (Lipinski definition) is 4. The highest BCUT2D eigenvalue weighted by molar-refractivity contribution is 5.92. The summed E-state index contributed by atoms with van der Waals surface area (Å²) in [6.45, 7) is 2.08. The van der Waals surface area contributed by atoms with Gasteiger partial charge in [-0.1, -0.05) is 66.2 Å². The molecule has 192 valence electrons. The number of hydrogen-bond acceptors (Lipinski definition) is 4. The van der Waals surface area contributed by atoms with Gasteiger partial charge in [-0.2, -0.15) is 0 Å². The number of aryl methyl sites for hydroxylation is 1. The molecular weight excluding hydrogens is 478 g/mol. The van der Waals surface area contributed by atoms with Crippen molar-refractivity contribution in [1.82, 2.24) is 10.3 Å². The van der Waals surface area contributed by atoms with Crippen molar-refractivity contribution in [2.45, 2.75) is 25.9 Å². The lowest BCUT2D eigenvalue weighted by molar-refractivity contribution is -0.139. The van der Waals surface area contributed by atoms with Crippen molar-refractivity contribution < 1.29 is 19.4 Å². The van der Waals surface area contributed by atoms with Gasteiger partial charge in [0.2, 0.25) is 0 Å². The molecule has 0 aliphatic rings. The Morgan fingerprint density at radius 1 is 0.921 bits per heavy atom. The second-order valence-electron chi connectivity index (χ2n) is 9.30. The Balaban J connectivity index is 1.33. The number of amides is 1. The van der Waals surface area contributed by atoms with Crippen LogP contribution in [-0.4, -0.2) is 34.6 Å². The Hall–Kier alpha value is -4.62. The van der Waals surface area contributed by atoms with Crippen LogP contribution in [0.15, 0.2) is 91.1 Å². The Bertz CT molecular complexity index is 1590. The van der Waals surface area contributed by atoms with E-state index < -0.39 is 12.0 Å². The van der Waals surface area contributed by atoms with Gasteiger partial charge in [0.05, 0.1) is 0 Å². The van der Waals surface area contributed by atoms with Gasteiger partial charge in [0.1, 0.15) is 11.8 Å². The Labute approximate surface area is 220 Å². The third-order valence-corrected chi connectivity index (χ3v) is 6.61. The molecule has 1 amide bonds. The van der Waals surface area contributed by atoms with Gasteiger partial charge in [0, 0.05) is 41.3 Å². The summed E-state index contributed by atoms with van der Waals surface area (Å²) in [6, 6.07) is 26.2. The fourth-order valence-electron chi connectivity index (χ4n) is 4.60. The highest BCUT2D eigenvalue weighted by Crippen LogP contribution is 2.29. The maximum atomic E-state index is 12.6. The van der Waals surface area contributed by atoms with Gasteiger partial charge in [-0.25, -0.2) is 0 Å². The normalized spacial score (nSPS) is 11.9. The summed E-state index contributed by atoms with van der Waals surface area (Å²) < 4.78 is 5.95. The van der Waals surface area contributed by atoms with E-state index in [9.17, 15) is 14.7 Å². The minimum absolute atomic E-state index is 0.170. The fourth-order valence-corrected chi connectivity index (χ4v) is 4.60. The van der Waals surface area contributed by atoms with Crippen LogP contribution < -0.4 is 15.4 Å². The van der Waals surface area contributed by atoms with Crippen LogP contribution in [0.4, 0.5) is 5.69 Å². The van der Waals surface area contributed by atoms with Crippen molar-refractivity contribution in [2.75, 3.05) is 11.9 Å². The topological polar surface area (TPSA) is 103 Å². The van der Waals surface area contributed by atoms with E-state index in [2.05, 4.69) is 15.6 Å². The largest absolute Gasteiger partial charge is 0.483 e. The average molecular weight is 508 g/mol. The minimum Gasteiger partial charge on any atom is -0.483 e. The number of H-pyrrole nitrogens is 1. The monoisotopic (exact) mass is 507 g/mol. The van der Waals surface area contributed by atoms with E-state index in [1.165, 1.54) is 0 Å². The number of aliphatic carboxylic acids is 1. The second-order valence-corrected chi connectivity index (χ2v) is 9.30. The maximum absolute atomic E-state index is 12.6. The zero-order chi connectivity index (χ0) is 26.5. The number of aromatic nitrogens is 1. The standard InChI is InChI=1S/C31H29N3O4/c1-20-10-13-23(14-11-20)34-30(35)19-38-29-15-12-21-6-2-3-7-24(21)26(29)18-33-28(31(36)37)16-22-17-32-27-9-5-4-8-25(22)27/h2-15,17,28,32-33H,16,18-19H2,1H3,(H,34,35)(H,36,37). The summed E-state index contributed by atoms with van der Waals surface area (Å²) in [5.41, 5.74) is 4.52. The van der Waals surface area contributed by atoms with Gasteiger partial charge in [-0.05, 0) is 47.5 Å². The lowest BCUT2D eigenvalue weighted by Crippen LogP contribution is -2.38. The lowest BCUT2D eigenvalue weighted by Gasteiger charge is -2.18. The number of nitrogens with one attached hydrogen (secondary N) is 3. The van der Waals surface area contributed by atoms with Crippen LogP contribution in [-0.2, 0) is 22.6 Å². The molecule has 0 spiro atoms. The molecule has 5 rings (SSSR count). The van der Waals surface area contributed by atoms with Gasteiger partial charge < -0.3 is 20.1 Å². The van der Waals surface area contributed by atoms with Crippen LogP contribution in [0.5, 0.6) is 5.75 Å². The van der Waals surface area contributed by atoms with Crippen molar-refractivity contribution in [2.24, 2.45) is 0 Å². The van der Waals surface area contributed by atoms with Crippen LogP contribution in [0.1, 0.15) is 16.7 Å². The van der Waals surface area contributed by atoms with E-state index in [1.54, 1.807) is 0 Å². The van der Waals surface area contributed by atoms with Gasteiger partial charge in [-0.15, -0.1) is 0 Å². The van der Waals surface area contributed by atoms with Gasteiger partial charge in [0.25, 0.3) is 5.91 Å².